The van der Waals surface area contributed by atoms with Gasteiger partial charge in [0.15, 0.2) is 0 Å². The van der Waals surface area contributed by atoms with E-state index >= 15 is 0 Å². The largest absolute Gasteiger partial charge is 0.417 e. The average Bonchev–Trinajstić information content (AvgIpc) is 2.55. The quantitative estimate of drug-likeness (QED) is 0.871. The molecule has 0 spiro atoms. The van der Waals surface area contributed by atoms with E-state index in [9.17, 15) is 4.79 Å². The smallest absolute Gasteiger partial charge is 0.410 e. The Bertz CT molecular complexity index is 578. The second-order valence-corrected chi connectivity index (χ2v) is 4.99. The molecule has 0 saturated carbocycles. The zero-order chi connectivity index (χ0) is 15.8. The van der Waals surface area contributed by atoms with Crippen molar-refractivity contribution in [2.24, 2.45) is 0 Å². The van der Waals surface area contributed by atoms with Crippen LogP contribution in [0.15, 0.2) is 54.6 Å². The molecule has 0 saturated heterocycles. The van der Waals surface area contributed by atoms with Crippen LogP contribution in [0.1, 0.15) is 19.4 Å². The van der Waals surface area contributed by atoms with Crippen molar-refractivity contribution in [3.63, 3.8) is 0 Å². The van der Waals surface area contributed by atoms with E-state index in [2.05, 4.69) is 24.1 Å². The summed E-state index contributed by atoms with van der Waals surface area (Å²) in [6.07, 6.45) is -0.484. The number of rotatable bonds is 6. The molecule has 0 aliphatic heterocycles. The van der Waals surface area contributed by atoms with Gasteiger partial charge in [-0.05, 0) is 42.9 Å². The topological polar surface area (TPSA) is 41.6 Å². The number of hydrogen-bond donors (Lipinski definition) is 1. The first-order valence-corrected chi connectivity index (χ1v) is 7.56. The highest BCUT2D eigenvalue weighted by Gasteiger charge is 2.05. The fourth-order valence-electron chi connectivity index (χ4n) is 2.14. The van der Waals surface area contributed by atoms with Crippen molar-refractivity contribution in [2.75, 3.05) is 18.4 Å². The molecule has 0 bridgehead atoms. The molecule has 0 unspecified atom stereocenters. The van der Waals surface area contributed by atoms with Crippen LogP contribution in [0.4, 0.5) is 10.5 Å². The Kier molecular flexibility index (Phi) is 5.98. The third-order valence-electron chi connectivity index (χ3n) is 3.45. The predicted molar refractivity (Wildman–Crippen MR) is 89.2 cm³/mol. The Hall–Kier alpha value is -2.33. The lowest BCUT2D eigenvalue weighted by molar-refractivity contribution is 0.215. The maximum Gasteiger partial charge on any atom is 0.417 e. The van der Waals surface area contributed by atoms with Crippen molar-refractivity contribution in [3.8, 4) is 5.75 Å². The molecule has 2 rings (SSSR count). The highest BCUT2D eigenvalue weighted by Crippen LogP contribution is 2.13. The van der Waals surface area contributed by atoms with Crippen LogP contribution in [0.25, 0.3) is 0 Å². The van der Waals surface area contributed by atoms with Crippen molar-refractivity contribution in [1.29, 1.82) is 0 Å². The standard InChI is InChI=1S/C18H22N2O2/c1-3-20(4-2)14-15-10-12-16(13-11-15)19-18(21)22-17-8-6-5-7-9-17/h5-13H,3-4,14H2,1-2H3,(H,19,21). The Labute approximate surface area is 131 Å². The summed E-state index contributed by atoms with van der Waals surface area (Å²) in [4.78, 5) is 14.1. The Morgan fingerprint density at radius 1 is 1.00 bits per heavy atom. The SMILES string of the molecule is CCN(CC)Cc1ccc(NC(=O)Oc2ccccc2)cc1. The number of benzene rings is 2. The third-order valence-corrected chi connectivity index (χ3v) is 3.45. The minimum Gasteiger partial charge on any atom is -0.410 e. The molecule has 116 valence electrons. The lowest BCUT2D eigenvalue weighted by Crippen LogP contribution is -2.22. The fourth-order valence-corrected chi connectivity index (χ4v) is 2.14. The maximum absolute atomic E-state index is 11.8. The van der Waals surface area contributed by atoms with Crippen molar-refractivity contribution >= 4 is 11.8 Å². The van der Waals surface area contributed by atoms with Crippen molar-refractivity contribution in [2.45, 2.75) is 20.4 Å². The molecule has 0 fully saturated rings. The van der Waals surface area contributed by atoms with Crippen LogP contribution in [0.2, 0.25) is 0 Å². The Morgan fingerprint density at radius 3 is 2.23 bits per heavy atom. The van der Waals surface area contributed by atoms with Gasteiger partial charge in [-0.3, -0.25) is 10.2 Å². The summed E-state index contributed by atoms with van der Waals surface area (Å²) in [6, 6.07) is 16.8. The summed E-state index contributed by atoms with van der Waals surface area (Å²) < 4.78 is 5.19. The summed E-state index contributed by atoms with van der Waals surface area (Å²) in [5.41, 5.74) is 1.95. The van der Waals surface area contributed by atoms with Crippen LogP contribution in [0.3, 0.4) is 0 Å². The third kappa shape index (κ3) is 4.90. The lowest BCUT2D eigenvalue weighted by Gasteiger charge is -2.18. The molecule has 22 heavy (non-hydrogen) atoms. The van der Waals surface area contributed by atoms with Crippen LogP contribution in [-0.4, -0.2) is 24.1 Å². The van der Waals surface area contributed by atoms with Gasteiger partial charge in [0.05, 0.1) is 0 Å². The Balaban J connectivity index is 1.89. The van der Waals surface area contributed by atoms with E-state index in [0.29, 0.717) is 5.75 Å². The summed E-state index contributed by atoms with van der Waals surface area (Å²) in [5.74, 6) is 0.526. The number of carbonyl (C=O) groups excluding carboxylic acids is 1. The van der Waals surface area contributed by atoms with Gasteiger partial charge >= 0.3 is 6.09 Å². The van der Waals surface area contributed by atoms with Crippen LogP contribution < -0.4 is 10.1 Å². The highest BCUT2D eigenvalue weighted by atomic mass is 16.6. The van der Waals surface area contributed by atoms with E-state index in [4.69, 9.17) is 4.74 Å². The van der Waals surface area contributed by atoms with E-state index in [1.165, 1.54) is 5.56 Å². The molecule has 4 heteroatoms. The van der Waals surface area contributed by atoms with Gasteiger partial charge in [0.1, 0.15) is 5.75 Å². The number of amides is 1. The number of para-hydroxylation sites is 1. The van der Waals surface area contributed by atoms with Gasteiger partial charge in [-0.25, -0.2) is 4.79 Å². The molecule has 2 aromatic carbocycles. The minimum absolute atomic E-state index is 0.484. The normalized spacial score (nSPS) is 10.5. The number of anilines is 1. The van der Waals surface area contributed by atoms with Gasteiger partial charge in [0.2, 0.25) is 0 Å². The van der Waals surface area contributed by atoms with Gasteiger partial charge in [-0.2, -0.15) is 0 Å². The number of nitrogens with zero attached hydrogens (tertiary/aromatic N) is 1. The van der Waals surface area contributed by atoms with E-state index in [1.54, 1.807) is 12.1 Å². The second kappa shape index (κ2) is 8.20. The molecule has 0 heterocycles. The summed E-state index contributed by atoms with van der Waals surface area (Å²) in [7, 11) is 0. The monoisotopic (exact) mass is 298 g/mol. The molecule has 0 atom stereocenters. The van der Waals surface area contributed by atoms with Crippen LogP contribution in [-0.2, 0) is 6.54 Å². The van der Waals surface area contributed by atoms with Crippen molar-refractivity contribution in [3.05, 3.63) is 60.2 Å². The first-order chi connectivity index (χ1) is 10.7. The number of carbonyl (C=O) groups is 1. The van der Waals surface area contributed by atoms with Crippen LogP contribution in [0, 0.1) is 0 Å². The van der Waals surface area contributed by atoms with E-state index in [-0.39, 0.29) is 0 Å². The molecule has 1 N–H and O–H groups in total. The Morgan fingerprint density at radius 2 is 1.64 bits per heavy atom. The first-order valence-electron chi connectivity index (χ1n) is 7.56. The second-order valence-electron chi connectivity index (χ2n) is 4.99. The molecule has 0 aliphatic rings. The maximum atomic E-state index is 11.8. The molecule has 4 nitrogen and oxygen atoms in total. The first kappa shape index (κ1) is 16.0. The zero-order valence-corrected chi connectivity index (χ0v) is 13.1. The van der Waals surface area contributed by atoms with Gasteiger partial charge < -0.3 is 4.74 Å². The van der Waals surface area contributed by atoms with Gasteiger partial charge in [0.25, 0.3) is 0 Å². The molecule has 2 aromatic rings. The minimum atomic E-state index is -0.484. The van der Waals surface area contributed by atoms with Crippen LogP contribution in [0.5, 0.6) is 5.75 Å². The van der Waals surface area contributed by atoms with E-state index in [1.807, 2.05) is 42.5 Å². The average molecular weight is 298 g/mol. The molecule has 1 amide bonds. The number of hydrogen-bond acceptors (Lipinski definition) is 3. The molecule has 0 radical (unpaired) electrons. The van der Waals surface area contributed by atoms with E-state index in [0.717, 1.165) is 25.3 Å². The van der Waals surface area contributed by atoms with Gasteiger partial charge in [-0.1, -0.05) is 44.2 Å². The summed E-state index contributed by atoms with van der Waals surface area (Å²) >= 11 is 0. The predicted octanol–water partition coefficient (Wildman–Crippen LogP) is 4.14. The van der Waals surface area contributed by atoms with Crippen molar-refractivity contribution < 1.29 is 9.53 Å². The molecule has 0 aliphatic carbocycles. The van der Waals surface area contributed by atoms with Crippen molar-refractivity contribution in [1.82, 2.24) is 4.90 Å². The van der Waals surface area contributed by atoms with Gasteiger partial charge in [0, 0.05) is 12.2 Å². The lowest BCUT2D eigenvalue weighted by atomic mass is 10.2. The van der Waals surface area contributed by atoms with Crippen LogP contribution >= 0.6 is 0 Å². The highest BCUT2D eigenvalue weighted by molar-refractivity contribution is 5.86. The van der Waals surface area contributed by atoms with Gasteiger partial charge in [-0.15, -0.1) is 0 Å². The zero-order valence-electron chi connectivity index (χ0n) is 13.1. The number of ether oxygens (including phenoxy) is 1. The summed E-state index contributed by atoms with van der Waals surface area (Å²) in [6.45, 7) is 7.28. The summed E-state index contributed by atoms with van der Waals surface area (Å²) in [5, 5.41) is 2.72. The molecule has 0 aromatic heterocycles. The molecular formula is C18H22N2O2. The van der Waals surface area contributed by atoms with E-state index < -0.39 is 6.09 Å². The molecular weight excluding hydrogens is 276 g/mol. The fraction of sp³-hybridized carbons (Fsp3) is 0.278. The number of nitrogens with one attached hydrogen (secondary N) is 1.